The third kappa shape index (κ3) is 1.68. The first kappa shape index (κ1) is 15.7. The topological polar surface area (TPSA) is 17.5 Å². The van der Waals surface area contributed by atoms with Gasteiger partial charge in [0.15, 0.2) is 6.20 Å². The second kappa shape index (κ2) is 5.14. The number of benzene rings is 3. The summed E-state index contributed by atoms with van der Waals surface area (Å²) in [4.78, 5) is 0. The normalized spacial score (nSPS) is 12.3. The van der Waals surface area contributed by atoms with Gasteiger partial charge in [-0.1, -0.05) is 24.3 Å². The van der Waals surface area contributed by atoms with Crippen LogP contribution >= 0.6 is 0 Å². The number of fused-ring (bicyclic) bond motifs is 5. The molecule has 136 valence electrons. The van der Waals surface area contributed by atoms with Gasteiger partial charge in [-0.2, -0.15) is 0 Å². The van der Waals surface area contributed by atoms with Crippen LogP contribution in [0.25, 0.3) is 49.0 Å². The molecule has 0 spiro atoms. The quantitative estimate of drug-likeness (QED) is 0.215. The van der Waals surface area contributed by atoms with E-state index in [1.54, 1.807) is 7.11 Å². The van der Waals surface area contributed by atoms with Crippen molar-refractivity contribution in [1.29, 1.82) is 0 Å². The first-order chi connectivity index (χ1) is 13.6. The molecule has 3 aromatic carbocycles. The number of rotatable bonds is 1. The number of methoxy groups -OCH3 is 1. The van der Waals surface area contributed by atoms with Crippen LogP contribution in [0.3, 0.4) is 0 Å². The van der Waals surface area contributed by atoms with E-state index in [1.165, 1.54) is 54.6 Å². The van der Waals surface area contributed by atoms with Crippen LogP contribution in [-0.2, 0) is 7.05 Å². The molecule has 0 aliphatic heterocycles. The lowest BCUT2D eigenvalue weighted by Crippen LogP contribution is -2.29. The molecule has 0 amide bonds. The molecule has 0 fully saturated rings. The Bertz CT molecular complexity index is 1570. The van der Waals surface area contributed by atoms with Gasteiger partial charge in [0.25, 0.3) is 0 Å². The second-order valence-electron chi connectivity index (χ2n) is 7.80. The van der Waals surface area contributed by atoms with Gasteiger partial charge in [-0.15, -0.1) is 0 Å². The Labute approximate surface area is 162 Å². The number of para-hydroxylation sites is 1. The lowest BCUT2D eigenvalue weighted by atomic mass is 9.96. The summed E-state index contributed by atoms with van der Waals surface area (Å²) in [6.07, 6.45) is 2.17. The molecule has 6 aromatic rings. The molecule has 0 aliphatic rings. The zero-order valence-corrected chi connectivity index (χ0v) is 16.5. The largest absolute Gasteiger partial charge is 0.495 e. The Morgan fingerprint density at radius 2 is 1.71 bits per heavy atom. The maximum absolute atomic E-state index is 5.86. The Morgan fingerprint density at radius 3 is 2.54 bits per heavy atom. The summed E-state index contributed by atoms with van der Waals surface area (Å²) >= 11 is 0. The Morgan fingerprint density at radius 1 is 0.893 bits per heavy atom. The molecule has 0 N–H and O–H groups in total. The second-order valence-corrected chi connectivity index (χ2v) is 7.80. The van der Waals surface area contributed by atoms with E-state index in [1.807, 2.05) is 0 Å². The van der Waals surface area contributed by atoms with Crippen LogP contribution in [0.2, 0.25) is 0 Å². The van der Waals surface area contributed by atoms with Gasteiger partial charge in [0.05, 0.1) is 28.9 Å². The highest BCUT2D eigenvalue weighted by molar-refractivity contribution is 6.26. The molecule has 0 atom stereocenters. The van der Waals surface area contributed by atoms with Gasteiger partial charge in [-0.3, -0.25) is 0 Å². The average molecular weight is 365 g/mol. The Hall–Kier alpha value is -3.33. The van der Waals surface area contributed by atoms with Crippen molar-refractivity contribution in [2.24, 2.45) is 7.05 Å². The molecule has 3 aromatic heterocycles. The van der Waals surface area contributed by atoms with Crippen LogP contribution in [0, 0.1) is 13.8 Å². The molecule has 3 heterocycles. The summed E-state index contributed by atoms with van der Waals surface area (Å²) in [5.74, 6) is 0.909. The Balaban J connectivity index is 2.17. The molecule has 0 saturated heterocycles. The van der Waals surface area contributed by atoms with Gasteiger partial charge in [0, 0.05) is 16.8 Å². The molecule has 3 nitrogen and oxygen atoms in total. The highest BCUT2D eigenvalue weighted by atomic mass is 16.5. The van der Waals surface area contributed by atoms with Crippen molar-refractivity contribution in [3.8, 4) is 5.75 Å². The summed E-state index contributed by atoms with van der Waals surface area (Å²) in [7, 11) is 3.91. The maximum atomic E-state index is 5.86. The lowest BCUT2D eigenvalue weighted by Gasteiger charge is -2.16. The van der Waals surface area contributed by atoms with Crippen LogP contribution < -0.4 is 9.30 Å². The summed E-state index contributed by atoms with van der Waals surface area (Å²) in [5, 5.41) is 6.42. The molecule has 0 aliphatic carbocycles. The van der Waals surface area contributed by atoms with Crippen molar-refractivity contribution in [1.82, 2.24) is 4.40 Å². The number of pyridine rings is 2. The standard InChI is InChI=1S/C25H21N2O/c1-14-13-18-17-7-5-6-8-19(17)27-23(18)21(15(14)2)25-22-16(11-12-26(25)3)9-10-20(28-4)24(22)27/h5-13H,1-4H3/q+1. The van der Waals surface area contributed by atoms with Crippen LogP contribution in [0.1, 0.15) is 11.1 Å². The maximum Gasteiger partial charge on any atom is 0.224 e. The molecular weight excluding hydrogens is 344 g/mol. The van der Waals surface area contributed by atoms with Crippen molar-refractivity contribution in [2.45, 2.75) is 13.8 Å². The zero-order valence-electron chi connectivity index (χ0n) is 16.5. The highest BCUT2D eigenvalue weighted by Crippen LogP contribution is 2.43. The number of ether oxygens (including phenoxy) is 1. The molecule has 0 radical (unpaired) electrons. The molecule has 0 bridgehead atoms. The zero-order chi connectivity index (χ0) is 19.2. The first-order valence-electron chi connectivity index (χ1n) is 9.65. The van der Waals surface area contributed by atoms with E-state index in [-0.39, 0.29) is 0 Å². The molecule has 6 rings (SSSR count). The van der Waals surface area contributed by atoms with Gasteiger partial charge in [-0.05, 0) is 48.6 Å². The van der Waals surface area contributed by atoms with E-state index >= 15 is 0 Å². The predicted octanol–water partition coefficient (Wildman–Crippen LogP) is 5.44. The minimum atomic E-state index is 0.909. The van der Waals surface area contributed by atoms with Gasteiger partial charge in [-0.25, -0.2) is 4.57 Å². The van der Waals surface area contributed by atoms with Gasteiger partial charge in [0.2, 0.25) is 5.52 Å². The van der Waals surface area contributed by atoms with Crippen molar-refractivity contribution < 1.29 is 9.30 Å². The summed E-state index contributed by atoms with van der Waals surface area (Å²) in [5.41, 5.74) is 7.60. The van der Waals surface area contributed by atoms with Crippen LogP contribution in [-0.4, -0.2) is 11.5 Å². The fraction of sp³-hybridized carbons (Fsp3) is 0.160. The van der Waals surface area contributed by atoms with E-state index in [2.05, 4.69) is 84.6 Å². The Kier molecular flexibility index (Phi) is 2.88. The number of aryl methyl sites for hydroxylation is 3. The average Bonchev–Trinajstić information content (AvgIpc) is 3.04. The van der Waals surface area contributed by atoms with Gasteiger partial charge in [0.1, 0.15) is 18.3 Å². The summed E-state index contributed by atoms with van der Waals surface area (Å²) < 4.78 is 10.5. The van der Waals surface area contributed by atoms with E-state index in [0.29, 0.717) is 0 Å². The molecular formula is C25H21N2O+. The summed E-state index contributed by atoms with van der Waals surface area (Å²) in [6, 6.07) is 17.5. The molecule has 3 heteroatoms. The first-order valence-corrected chi connectivity index (χ1v) is 9.65. The predicted molar refractivity (Wildman–Crippen MR) is 116 cm³/mol. The van der Waals surface area contributed by atoms with Gasteiger partial charge >= 0.3 is 0 Å². The number of hydrogen-bond donors (Lipinski definition) is 0. The van der Waals surface area contributed by atoms with Crippen molar-refractivity contribution in [3.63, 3.8) is 0 Å². The monoisotopic (exact) mass is 365 g/mol. The number of nitrogens with zero attached hydrogens (tertiary/aromatic N) is 2. The van der Waals surface area contributed by atoms with Crippen LogP contribution in [0.5, 0.6) is 5.75 Å². The minimum Gasteiger partial charge on any atom is -0.495 e. The van der Waals surface area contributed by atoms with Crippen LogP contribution in [0.15, 0.2) is 54.7 Å². The van der Waals surface area contributed by atoms with Gasteiger partial charge < -0.3 is 9.14 Å². The summed E-state index contributed by atoms with van der Waals surface area (Å²) in [6.45, 7) is 4.47. The molecule has 0 saturated carbocycles. The third-order valence-electron chi connectivity index (χ3n) is 6.40. The van der Waals surface area contributed by atoms with Crippen molar-refractivity contribution in [3.05, 3.63) is 65.9 Å². The fourth-order valence-corrected chi connectivity index (χ4v) is 4.99. The fourth-order valence-electron chi connectivity index (χ4n) is 4.99. The van der Waals surface area contributed by atoms with Crippen molar-refractivity contribution in [2.75, 3.05) is 7.11 Å². The minimum absolute atomic E-state index is 0.909. The SMILES string of the molecule is COc1ccc2cc[n+](C)c3c4c(C)c(C)cc5c6ccccc6n(c1c23)c54. The van der Waals surface area contributed by atoms with E-state index < -0.39 is 0 Å². The third-order valence-corrected chi connectivity index (χ3v) is 6.40. The van der Waals surface area contributed by atoms with E-state index in [9.17, 15) is 0 Å². The van der Waals surface area contributed by atoms with Crippen molar-refractivity contribution >= 4 is 49.0 Å². The smallest absolute Gasteiger partial charge is 0.224 e. The number of hydrogen-bond acceptors (Lipinski definition) is 1. The van der Waals surface area contributed by atoms with Crippen LogP contribution in [0.4, 0.5) is 0 Å². The number of aromatic nitrogens is 2. The lowest BCUT2D eigenvalue weighted by molar-refractivity contribution is -0.643. The van der Waals surface area contributed by atoms with E-state index in [0.717, 1.165) is 11.3 Å². The van der Waals surface area contributed by atoms with E-state index in [4.69, 9.17) is 4.74 Å². The molecule has 28 heavy (non-hydrogen) atoms. The molecule has 0 unspecified atom stereocenters. The highest BCUT2D eigenvalue weighted by Gasteiger charge is 2.26.